The first kappa shape index (κ1) is 12.1. The molecule has 84 valence electrons. The summed E-state index contributed by atoms with van der Waals surface area (Å²) in [5.41, 5.74) is 0.685. The Morgan fingerprint density at radius 2 is 2.27 bits per heavy atom. The third-order valence-corrected chi connectivity index (χ3v) is 2.91. The second kappa shape index (κ2) is 5.82. The van der Waals surface area contributed by atoms with Gasteiger partial charge in [-0.15, -0.1) is 11.3 Å². The molecule has 5 heteroatoms. The molecule has 0 fully saturated rings. The molecule has 0 atom stereocenters. The fourth-order valence-electron chi connectivity index (χ4n) is 1.23. The predicted molar refractivity (Wildman–Crippen MR) is 58.4 cm³/mol. The number of carboxylic acids is 1. The molecule has 0 bridgehead atoms. The van der Waals surface area contributed by atoms with E-state index in [-0.39, 0.29) is 0 Å². The van der Waals surface area contributed by atoms with Crippen LogP contribution in [0.5, 0.6) is 0 Å². The minimum Gasteiger partial charge on any atom is -0.477 e. The number of aromatic nitrogens is 1. The Bertz CT molecular complexity index is 335. The van der Waals surface area contributed by atoms with Crippen molar-refractivity contribution < 1.29 is 14.6 Å². The third-order valence-electron chi connectivity index (χ3n) is 1.85. The second-order valence-corrected chi connectivity index (χ2v) is 4.16. The van der Waals surface area contributed by atoms with Gasteiger partial charge in [0, 0.05) is 6.61 Å². The van der Waals surface area contributed by atoms with Gasteiger partial charge in [-0.2, -0.15) is 0 Å². The number of rotatable bonds is 6. The van der Waals surface area contributed by atoms with Crippen LogP contribution < -0.4 is 0 Å². The maximum Gasteiger partial charge on any atom is 0.347 e. The highest BCUT2D eigenvalue weighted by atomic mass is 32.1. The Kier molecular flexibility index (Phi) is 4.71. The van der Waals surface area contributed by atoms with Crippen LogP contribution in [0.25, 0.3) is 0 Å². The van der Waals surface area contributed by atoms with E-state index in [9.17, 15) is 4.79 Å². The summed E-state index contributed by atoms with van der Waals surface area (Å²) in [6.45, 7) is 4.93. The Balaban J connectivity index is 2.83. The zero-order valence-corrected chi connectivity index (χ0v) is 9.76. The molecule has 0 aliphatic heterocycles. The molecule has 15 heavy (non-hydrogen) atoms. The number of carbonyl (C=O) groups is 1. The average molecular weight is 229 g/mol. The predicted octanol–water partition coefficient (Wildman–Crippen LogP) is 2.33. The molecule has 1 aromatic heterocycles. The van der Waals surface area contributed by atoms with E-state index in [1.54, 1.807) is 0 Å². The van der Waals surface area contributed by atoms with E-state index in [1.165, 1.54) is 11.3 Å². The summed E-state index contributed by atoms with van der Waals surface area (Å²) in [5, 5.41) is 9.71. The topological polar surface area (TPSA) is 59.4 Å². The van der Waals surface area contributed by atoms with Crippen molar-refractivity contribution in [3.63, 3.8) is 0 Å². The Morgan fingerprint density at radius 3 is 2.80 bits per heavy atom. The van der Waals surface area contributed by atoms with Crippen LogP contribution in [0.4, 0.5) is 0 Å². The van der Waals surface area contributed by atoms with E-state index in [2.05, 4.69) is 4.98 Å². The van der Waals surface area contributed by atoms with Crippen molar-refractivity contribution in [2.45, 2.75) is 33.3 Å². The van der Waals surface area contributed by atoms with E-state index in [1.807, 2.05) is 13.8 Å². The Morgan fingerprint density at radius 1 is 1.53 bits per heavy atom. The van der Waals surface area contributed by atoms with Gasteiger partial charge in [0.2, 0.25) is 0 Å². The van der Waals surface area contributed by atoms with Gasteiger partial charge in [0.05, 0.1) is 12.3 Å². The van der Waals surface area contributed by atoms with Gasteiger partial charge in [-0.1, -0.05) is 13.3 Å². The van der Waals surface area contributed by atoms with Gasteiger partial charge in [-0.3, -0.25) is 0 Å². The number of nitrogens with zero attached hydrogens (tertiary/aromatic N) is 1. The third kappa shape index (κ3) is 3.28. The number of thiazole rings is 1. The van der Waals surface area contributed by atoms with Crippen LogP contribution in [0, 0.1) is 0 Å². The van der Waals surface area contributed by atoms with Crippen LogP contribution in [0.1, 0.15) is 40.6 Å². The standard InChI is InChI=1S/C10H15NO3S/c1-3-5-7-9(10(12)13)15-8(11-7)6-14-4-2/h3-6H2,1-2H3,(H,12,13). The second-order valence-electron chi connectivity index (χ2n) is 3.08. The fraction of sp³-hybridized carbons (Fsp3) is 0.600. The molecule has 1 heterocycles. The van der Waals surface area contributed by atoms with Gasteiger partial charge < -0.3 is 9.84 Å². The summed E-state index contributed by atoms with van der Waals surface area (Å²) in [5.74, 6) is -0.890. The van der Waals surface area contributed by atoms with Crippen LogP contribution in [0.3, 0.4) is 0 Å². The van der Waals surface area contributed by atoms with Gasteiger partial charge in [0.1, 0.15) is 9.88 Å². The quantitative estimate of drug-likeness (QED) is 0.813. The molecule has 0 aliphatic carbocycles. The summed E-state index contributed by atoms with van der Waals surface area (Å²) >= 11 is 1.21. The molecule has 0 spiro atoms. The highest BCUT2D eigenvalue weighted by Crippen LogP contribution is 2.20. The normalized spacial score (nSPS) is 10.5. The number of carboxylic acid groups (broad SMARTS) is 1. The van der Waals surface area contributed by atoms with E-state index in [4.69, 9.17) is 9.84 Å². The number of aryl methyl sites for hydroxylation is 1. The molecule has 1 aromatic rings. The monoisotopic (exact) mass is 229 g/mol. The van der Waals surface area contributed by atoms with Crippen molar-refractivity contribution in [2.24, 2.45) is 0 Å². The summed E-state index contributed by atoms with van der Waals surface area (Å²) in [4.78, 5) is 15.5. The lowest BCUT2D eigenvalue weighted by molar-refractivity contribution is 0.0700. The molecular weight excluding hydrogens is 214 g/mol. The highest BCUT2D eigenvalue weighted by molar-refractivity contribution is 7.13. The van der Waals surface area contributed by atoms with Crippen LogP contribution in [0.15, 0.2) is 0 Å². The van der Waals surface area contributed by atoms with Gasteiger partial charge in [0.25, 0.3) is 0 Å². The van der Waals surface area contributed by atoms with Crippen LogP contribution in [-0.2, 0) is 17.8 Å². The molecule has 0 aliphatic rings. The van der Waals surface area contributed by atoms with Gasteiger partial charge >= 0.3 is 5.97 Å². The molecule has 1 N–H and O–H groups in total. The fourth-order valence-corrected chi connectivity index (χ4v) is 2.11. The molecular formula is C10H15NO3S. The largest absolute Gasteiger partial charge is 0.477 e. The molecule has 0 saturated carbocycles. The Labute approximate surface area is 92.9 Å². The summed E-state index contributed by atoms with van der Waals surface area (Å²) in [7, 11) is 0. The minimum absolute atomic E-state index is 0.353. The lowest BCUT2D eigenvalue weighted by Crippen LogP contribution is -1.98. The van der Waals surface area contributed by atoms with Crippen molar-refractivity contribution in [1.29, 1.82) is 0 Å². The van der Waals surface area contributed by atoms with E-state index in [0.717, 1.165) is 11.4 Å². The molecule has 4 nitrogen and oxygen atoms in total. The maximum absolute atomic E-state index is 10.9. The Hall–Kier alpha value is -0.940. The van der Waals surface area contributed by atoms with Gasteiger partial charge in [0.15, 0.2) is 0 Å². The van der Waals surface area contributed by atoms with E-state index < -0.39 is 5.97 Å². The van der Waals surface area contributed by atoms with Crippen LogP contribution in [-0.4, -0.2) is 22.7 Å². The first-order chi connectivity index (χ1) is 7.19. The van der Waals surface area contributed by atoms with Crippen molar-refractivity contribution >= 4 is 17.3 Å². The van der Waals surface area contributed by atoms with Crippen LogP contribution in [0.2, 0.25) is 0 Å². The molecule has 0 aromatic carbocycles. The van der Waals surface area contributed by atoms with E-state index >= 15 is 0 Å². The molecule has 0 unspecified atom stereocenters. The lowest BCUT2D eigenvalue weighted by Gasteiger charge is -1.94. The minimum atomic E-state index is -0.890. The summed E-state index contributed by atoms with van der Waals surface area (Å²) in [6, 6.07) is 0. The first-order valence-electron chi connectivity index (χ1n) is 4.98. The summed E-state index contributed by atoms with van der Waals surface area (Å²) in [6.07, 6.45) is 1.61. The molecule has 0 amide bonds. The van der Waals surface area contributed by atoms with Crippen molar-refractivity contribution in [3.05, 3.63) is 15.6 Å². The van der Waals surface area contributed by atoms with Gasteiger partial charge in [-0.05, 0) is 13.3 Å². The van der Waals surface area contributed by atoms with Crippen molar-refractivity contribution in [2.75, 3.05) is 6.61 Å². The van der Waals surface area contributed by atoms with Crippen LogP contribution >= 0.6 is 11.3 Å². The average Bonchev–Trinajstić information content (AvgIpc) is 2.59. The zero-order valence-electron chi connectivity index (χ0n) is 8.95. The lowest BCUT2D eigenvalue weighted by atomic mass is 10.2. The number of hydrogen-bond acceptors (Lipinski definition) is 4. The van der Waals surface area contributed by atoms with E-state index in [0.29, 0.717) is 30.2 Å². The maximum atomic E-state index is 10.9. The van der Waals surface area contributed by atoms with Crippen molar-refractivity contribution in [3.8, 4) is 0 Å². The molecule has 1 rings (SSSR count). The number of ether oxygens (including phenoxy) is 1. The SMILES string of the molecule is CCCc1nc(COCC)sc1C(=O)O. The van der Waals surface area contributed by atoms with Gasteiger partial charge in [-0.25, -0.2) is 9.78 Å². The molecule has 0 saturated heterocycles. The molecule has 0 radical (unpaired) electrons. The zero-order chi connectivity index (χ0) is 11.3. The first-order valence-corrected chi connectivity index (χ1v) is 5.80. The number of hydrogen-bond donors (Lipinski definition) is 1. The number of aromatic carboxylic acids is 1. The summed E-state index contributed by atoms with van der Waals surface area (Å²) < 4.78 is 5.20. The highest BCUT2D eigenvalue weighted by Gasteiger charge is 2.16. The smallest absolute Gasteiger partial charge is 0.347 e. The van der Waals surface area contributed by atoms with Crippen molar-refractivity contribution in [1.82, 2.24) is 4.98 Å².